The van der Waals surface area contributed by atoms with Gasteiger partial charge in [0.1, 0.15) is 0 Å². The number of carbonyl (C=O) groups is 1. The third-order valence-corrected chi connectivity index (χ3v) is 1.49. The number of nitrogens with one attached hydrogen (secondary N) is 1. The number of aromatic nitrogens is 2. The second kappa shape index (κ2) is 4.42. The van der Waals surface area contributed by atoms with Gasteiger partial charge in [0.05, 0.1) is 13.3 Å². The Hall–Kier alpha value is -1.62. The van der Waals surface area contributed by atoms with Gasteiger partial charge < -0.3 is 10.5 Å². The van der Waals surface area contributed by atoms with Crippen molar-refractivity contribution in [2.45, 2.75) is 0 Å². The molecular weight excluding hydrogens is 170 g/mol. The normalized spacial score (nSPS) is 10.6. The van der Waals surface area contributed by atoms with Crippen molar-refractivity contribution in [3.05, 3.63) is 23.5 Å². The zero-order valence-corrected chi connectivity index (χ0v) is 7.28. The molecule has 0 aliphatic carbocycles. The molecule has 13 heavy (non-hydrogen) atoms. The third kappa shape index (κ3) is 2.16. The smallest absolute Gasteiger partial charge is 0.356 e. The highest BCUT2D eigenvalue weighted by molar-refractivity contribution is 5.91. The minimum Gasteiger partial charge on any atom is -0.464 e. The van der Waals surface area contributed by atoms with Gasteiger partial charge in [0.2, 0.25) is 0 Å². The molecule has 5 heteroatoms. The van der Waals surface area contributed by atoms with Crippen LogP contribution >= 0.6 is 0 Å². The van der Waals surface area contributed by atoms with E-state index in [1.807, 2.05) is 0 Å². The van der Waals surface area contributed by atoms with Crippen molar-refractivity contribution in [3.63, 3.8) is 0 Å². The lowest BCUT2D eigenvalue weighted by atomic mass is 10.2. The first kappa shape index (κ1) is 9.47. The Bertz CT molecular complexity index is 317. The fourth-order valence-electron chi connectivity index (χ4n) is 0.882. The largest absolute Gasteiger partial charge is 0.464 e. The summed E-state index contributed by atoms with van der Waals surface area (Å²) in [6.07, 6.45) is 4.99. The minimum absolute atomic E-state index is 0.340. The van der Waals surface area contributed by atoms with E-state index in [0.29, 0.717) is 17.8 Å². The number of nitrogens with two attached hydrogens (primary N) is 1. The number of methoxy groups -OCH3 is 1. The molecule has 3 N–H and O–H groups in total. The van der Waals surface area contributed by atoms with E-state index in [-0.39, 0.29) is 0 Å². The summed E-state index contributed by atoms with van der Waals surface area (Å²) in [5.74, 6) is -0.436. The Morgan fingerprint density at radius 2 is 2.62 bits per heavy atom. The summed E-state index contributed by atoms with van der Waals surface area (Å²) in [5.41, 5.74) is 6.29. The number of nitrogens with zero attached hydrogens (tertiary/aromatic N) is 1. The number of ether oxygens (including phenoxy) is 1. The summed E-state index contributed by atoms with van der Waals surface area (Å²) in [4.78, 5) is 11.1. The van der Waals surface area contributed by atoms with E-state index in [9.17, 15) is 4.79 Å². The predicted molar refractivity (Wildman–Crippen MR) is 48.0 cm³/mol. The Labute approximate surface area is 75.6 Å². The first-order valence-electron chi connectivity index (χ1n) is 3.78. The third-order valence-electron chi connectivity index (χ3n) is 1.49. The van der Waals surface area contributed by atoms with Gasteiger partial charge in [-0.3, -0.25) is 5.10 Å². The van der Waals surface area contributed by atoms with E-state index >= 15 is 0 Å². The lowest BCUT2D eigenvalue weighted by Gasteiger charge is -1.95. The zero-order valence-electron chi connectivity index (χ0n) is 7.28. The SMILES string of the molecule is COC(=O)c1[nH]ncc1C=CCN. The van der Waals surface area contributed by atoms with E-state index in [4.69, 9.17) is 5.73 Å². The fourth-order valence-corrected chi connectivity index (χ4v) is 0.882. The lowest BCUT2D eigenvalue weighted by Crippen LogP contribution is -2.03. The average molecular weight is 181 g/mol. The van der Waals surface area contributed by atoms with Crippen molar-refractivity contribution < 1.29 is 9.53 Å². The molecule has 0 amide bonds. The topological polar surface area (TPSA) is 81.0 Å². The maximum absolute atomic E-state index is 11.1. The van der Waals surface area contributed by atoms with Gasteiger partial charge >= 0.3 is 5.97 Å². The van der Waals surface area contributed by atoms with Crippen LogP contribution in [0.2, 0.25) is 0 Å². The Balaban J connectivity index is 2.89. The maximum atomic E-state index is 11.1. The Morgan fingerprint density at radius 3 is 3.23 bits per heavy atom. The van der Waals surface area contributed by atoms with Gasteiger partial charge in [-0.25, -0.2) is 4.79 Å². The van der Waals surface area contributed by atoms with Gasteiger partial charge in [-0.05, 0) is 0 Å². The molecule has 1 heterocycles. The molecule has 0 aliphatic heterocycles. The van der Waals surface area contributed by atoms with Crippen molar-refractivity contribution in [2.24, 2.45) is 5.73 Å². The van der Waals surface area contributed by atoms with Crippen molar-refractivity contribution in [2.75, 3.05) is 13.7 Å². The van der Waals surface area contributed by atoms with Crippen LogP contribution in [-0.4, -0.2) is 29.8 Å². The highest BCUT2D eigenvalue weighted by Crippen LogP contribution is 2.07. The van der Waals surface area contributed by atoms with Crippen LogP contribution in [0.5, 0.6) is 0 Å². The molecule has 1 aromatic rings. The van der Waals surface area contributed by atoms with Crippen molar-refractivity contribution in [1.29, 1.82) is 0 Å². The van der Waals surface area contributed by atoms with Crippen molar-refractivity contribution in [3.8, 4) is 0 Å². The first-order valence-corrected chi connectivity index (χ1v) is 3.78. The lowest BCUT2D eigenvalue weighted by molar-refractivity contribution is 0.0594. The summed E-state index contributed by atoms with van der Waals surface area (Å²) in [6.45, 7) is 0.422. The van der Waals surface area contributed by atoms with Crippen LogP contribution in [0, 0.1) is 0 Å². The number of aromatic amines is 1. The van der Waals surface area contributed by atoms with Gasteiger partial charge in [-0.1, -0.05) is 12.2 Å². The molecule has 0 aliphatic rings. The second-order valence-corrected chi connectivity index (χ2v) is 2.33. The molecular formula is C8H11N3O2. The maximum Gasteiger partial charge on any atom is 0.356 e. The van der Waals surface area contributed by atoms with Crippen LogP contribution in [0.1, 0.15) is 16.1 Å². The highest BCUT2D eigenvalue weighted by atomic mass is 16.5. The predicted octanol–water partition coefficient (Wildman–Crippen LogP) is 0.168. The monoisotopic (exact) mass is 181 g/mol. The van der Waals surface area contributed by atoms with Crippen LogP contribution in [0.25, 0.3) is 6.08 Å². The number of hydrogen-bond donors (Lipinski definition) is 2. The average Bonchev–Trinajstić information content (AvgIpc) is 2.61. The summed E-state index contributed by atoms with van der Waals surface area (Å²) >= 11 is 0. The highest BCUT2D eigenvalue weighted by Gasteiger charge is 2.11. The molecule has 0 saturated carbocycles. The molecule has 0 aromatic carbocycles. The molecule has 70 valence electrons. The molecule has 5 nitrogen and oxygen atoms in total. The zero-order chi connectivity index (χ0) is 9.68. The minimum atomic E-state index is -0.436. The van der Waals surface area contributed by atoms with Crippen molar-refractivity contribution in [1.82, 2.24) is 10.2 Å². The molecule has 1 rings (SSSR count). The van der Waals surface area contributed by atoms with Gasteiger partial charge in [-0.15, -0.1) is 0 Å². The Morgan fingerprint density at radius 1 is 1.85 bits per heavy atom. The molecule has 1 aromatic heterocycles. The van der Waals surface area contributed by atoms with Crippen LogP contribution < -0.4 is 5.73 Å². The number of rotatable bonds is 3. The molecule has 0 saturated heterocycles. The molecule has 0 radical (unpaired) electrons. The molecule has 0 fully saturated rings. The standard InChI is InChI=1S/C8H11N3O2/c1-13-8(12)7-6(3-2-4-9)5-10-11-7/h2-3,5H,4,9H2,1H3,(H,10,11). The fraction of sp³-hybridized carbons (Fsp3) is 0.250. The molecule has 0 unspecified atom stereocenters. The molecule has 0 spiro atoms. The van der Waals surface area contributed by atoms with E-state index in [1.54, 1.807) is 18.3 Å². The Kier molecular flexibility index (Phi) is 3.22. The van der Waals surface area contributed by atoms with Crippen LogP contribution in [-0.2, 0) is 4.74 Å². The quantitative estimate of drug-likeness (QED) is 0.651. The number of esters is 1. The van der Waals surface area contributed by atoms with Gasteiger partial charge in [0.15, 0.2) is 5.69 Å². The molecule has 0 bridgehead atoms. The van der Waals surface area contributed by atoms with Crippen LogP contribution in [0.3, 0.4) is 0 Å². The molecule has 0 atom stereocenters. The number of H-pyrrole nitrogens is 1. The second-order valence-electron chi connectivity index (χ2n) is 2.33. The summed E-state index contributed by atoms with van der Waals surface area (Å²) in [5, 5.41) is 6.27. The number of carbonyl (C=O) groups excluding carboxylic acids is 1. The van der Waals surface area contributed by atoms with Crippen LogP contribution in [0.15, 0.2) is 12.3 Å². The summed E-state index contributed by atoms with van der Waals surface area (Å²) < 4.78 is 4.54. The summed E-state index contributed by atoms with van der Waals surface area (Å²) in [6, 6.07) is 0. The van der Waals surface area contributed by atoms with Gasteiger partial charge in [0.25, 0.3) is 0 Å². The van der Waals surface area contributed by atoms with Gasteiger partial charge in [-0.2, -0.15) is 5.10 Å². The van der Waals surface area contributed by atoms with Gasteiger partial charge in [0, 0.05) is 12.1 Å². The van der Waals surface area contributed by atoms with E-state index in [2.05, 4.69) is 14.9 Å². The first-order chi connectivity index (χ1) is 6.29. The summed E-state index contributed by atoms with van der Waals surface area (Å²) in [7, 11) is 1.32. The number of hydrogen-bond acceptors (Lipinski definition) is 4. The van der Waals surface area contributed by atoms with E-state index in [0.717, 1.165) is 0 Å². The van der Waals surface area contributed by atoms with E-state index in [1.165, 1.54) is 7.11 Å². The van der Waals surface area contributed by atoms with Crippen molar-refractivity contribution >= 4 is 12.0 Å². The van der Waals surface area contributed by atoms with E-state index < -0.39 is 5.97 Å². The van der Waals surface area contributed by atoms with Crippen LogP contribution in [0.4, 0.5) is 0 Å².